The normalized spacial score (nSPS) is 10.6. The Morgan fingerprint density at radius 3 is 2.48 bits per heavy atom. The third-order valence-corrected chi connectivity index (χ3v) is 6.85. The van der Waals surface area contributed by atoms with Crippen LogP contribution in [-0.4, -0.2) is 31.8 Å². The quantitative estimate of drug-likeness (QED) is 0.278. The first-order valence-corrected chi connectivity index (χ1v) is 11.4. The molecule has 33 heavy (non-hydrogen) atoms. The standard InChI is InChI=1S/C20H14N4O7S2/c21-11-14-10-16(24(27)28)7-8-17(14)22-18(25)12-31-20(26)13-3-5-15(6-4-13)23-33(29,30)19-2-1-9-32-19/h1-10,23H,12H2,(H,22,25). The fourth-order valence-electron chi connectivity index (χ4n) is 2.54. The number of hydrogen-bond acceptors (Lipinski definition) is 9. The van der Waals surface area contributed by atoms with Crippen LogP contribution in [0.2, 0.25) is 0 Å². The summed E-state index contributed by atoms with van der Waals surface area (Å²) in [6.07, 6.45) is 0. The number of carbonyl (C=O) groups is 2. The van der Waals surface area contributed by atoms with Gasteiger partial charge < -0.3 is 10.1 Å². The molecule has 13 heteroatoms. The summed E-state index contributed by atoms with van der Waals surface area (Å²) < 4.78 is 31.9. The molecule has 2 N–H and O–H groups in total. The van der Waals surface area contributed by atoms with Gasteiger partial charge in [0.15, 0.2) is 6.61 Å². The molecule has 3 aromatic rings. The Morgan fingerprint density at radius 1 is 1.15 bits per heavy atom. The number of nitrogens with zero attached hydrogens (tertiary/aromatic N) is 2. The first-order chi connectivity index (χ1) is 15.7. The zero-order chi connectivity index (χ0) is 24.0. The number of nitrogens with one attached hydrogen (secondary N) is 2. The van der Waals surface area contributed by atoms with Crippen LogP contribution < -0.4 is 10.0 Å². The van der Waals surface area contributed by atoms with Gasteiger partial charge in [-0.05, 0) is 41.8 Å². The third-order valence-electron chi connectivity index (χ3n) is 4.08. The van der Waals surface area contributed by atoms with Crippen molar-refractivity contribution in [3.05, 3.63) is 81.2 Å². The highest BCUT2D eigenvalue weighted by molar-refractivity contribution is 7.94. The van der Waals surface area contributed by atoms with Crippen molar-refractivity contribution >= 4 is 50.3 Å². The number of amides is 1. The molecule has 0 aliphatic rings. The van der Waals surface area contributed by atoms with Crippen LogP contribution in [0.4, 0.5) is 17.1 Å². The van der Waals surface area contributed by atoms with Gasteiger partial charge in [-0.15, -0.1) is 11.3 Å². The first-order valence-electron chi connectivity index (χ1n) is 9.01. The van der Waals surface area contributed by atoms with E-state index in [-0.39, 0.29) is 32.4 Å². The minimum Gasteiger partial charge on any atom is -0.452 e. The largest absolute Gasteiger partial charge is 0.452 e. The van der Waals surface area contributed by atoms with Crippen LogP contribution in [0.5, 0.6) is 0 Å². The van der Waals surface area contributed by atoms with E-state index in [9.17, 15) is 28.1 Å². The number of sulfonamides is 1. The van der Waals surface area contributed by atoms with E-state index in [4.69, 9.17) is 10.00 Å². The zero-order valence-corrected chi connectivity index (χ0v) is 18.2. The van der Waals surface area contributed by atoms with Crippen LogP contribution >= 0.6 is 11.3 Å². The molecule has 0 bridgehead atoms. The maximum Gasteiger partial charge on any atom is 0.338 e. The van der Waals surface area contributed by atoms with E-state index in [0.717, 1.165) is 23.5 Å². The van der Waals surface area contributed by atoms with Crippen molar-refractivity contribution in [3.63, 3.8) is 0 Å². The van der Waals surface area contributed by atoms with E-state index in [1.807, 2.05) is 0 Å². The molecular formula is C20H14N4O7S2. The average Bonchev–Trinajstić information content (AvgIpc) is 3.34. The number of hydrogen-bond donors (Lipinski definition) is 2. The van der Waals surface area contributed by atoms with E-state index < -0.39 is 33.4 Å². The molecule has 0 atom stereocenters. The molecule has 11 nitrogen and oxygen atoms in total. The van der Waals surface area contributed by atoms with Crippen LogP contribution in [0.1, 0.15) is 15.9 Å². The third kappa shape index (κ3) is 5.91. The fraction of sp³-hybridized carbons (Fsp3) is 0.0500. The number of esters is 1. The molecule has 0 fully saturated rings. The van der Waals surface area contributed by atoms with E-state index in [1.165, 1.54) is 36.4 Å². The SMILES string of the molecule is N#Cc1cc([N+](=O)[O-])ccc1NC(=O)COC(=O)c1ccc(NS(=O)(=O)c2cccs2)cc1. The van der Waals surface area contributed by atoms with Gasteiger partial charge in [0, 0.05) is 17.8 Å². The number of carbonyl (C=O) groups excluding carboxylic acids is 2. The Balaban J connectivity index is 1.57. The van der Waals surface area contributed by atoms with Gasteiger partial charge in [0.2, 0.25) is 0 Å². The van der Waals surface area contributed by atoms with Crippen LogP contribution in [-0.2, 0) is 19.6 Å². The molecule has 0 saturated heterocycles. The summed E-state index contributed by atoms with van der Waals surface area (Å²) in [5, 5.41) is 23.9. The summed E-state index contributed by atoms with van der Waals surface area (Å²) in [6.45, 7) is -0.673. The number of thiophene rings is 1. The predicted molar refractivity (Wildman–Crippen MR) is 118 cm³/mol. The molecule has 0 radical (unpaired) electrons. The second kappa shape index (κ2) is 9.90. The number of ether oxygens (including phenoxy) is 1. The van der Waals surface area contributed by atoms with Gasteiger partial charge in [0.25, 0.3) is 21.6 Å². The molecule has 1 aromatic heterocycles. The lowest BCUT2D eigenvalue weighted by atomic mass is 10.1. The molecule has 2 aromatic carbocycles. The number of anilines is 2. The van der Waals surface area contributed by atoms with Crippen molar-refractivity contribution in [1.82, 2.24) is 0 Å². The summed E-state index contributed by atoms with van der Waals surface area (Å²) in [7, 11) is -3.73. The summed E-state index contributed by atoms with van der Waals surface area (Å²) in [6, 6.07) is 13.5. The van der Waals surface area contributed by atoms with Gasteiger partial charge in [0.1, 0.15) is 10.3 Å². The highest BCUT2D eigenvalue weighted by atomic mass is 32.2. The van der Waals surface area contributed by atoms with Gasteiger partial charge in [-0.2, -0.15) is 5.26 Å². The van der Waals surface area contributed by atoms with E-state index in [0.29, 0.717) is 0 Å². The lowest BCUT2D eigenvalue weighted by molar-refractivity contribution is -0.384. The Bertz CT molecular complexity index is 1350. The van der Waals surface area contributed by atoms with Crippen molar-refractivity contribution < 1.29 is 27.7 Å². The minimum atomic E-state index is -3.73. The molecule has 0 saturated carbocycles. The lowest BCUT2D eigenvalue weighted by Crippen LogP contribution is -2.21. The van der Waals surface area contributed by atoms with Crippen molar-refractivity contribution in [3.8, 4) is 6.07 Å². The molecule has 0 unspecified atom stereocenters. The highest BCUT2D eigenvalue weighted by Crippen LogP contribution is 2.22. The summed E-state index contributed by atoms with van der Waals surface area (Å²) in [5.74, 6) is -1.59. The number of rotatable bonds is 8. The van der Waals surface area contributed by atoms with Gasteiger partial charge in [0.05, 0.1) is 21.7 Å². The Kier molecular flexibility index (Phi) is 7.01. The lowest BCUT2D eigenvalue weighted by Gasteiger charge is -2.09. The Labute approximate surface area is 191 Å². The Morgan fingerprint density at radius 2 is 1.88 bits per heavy atom. The maximum atomic E-state index is 12.2. The van der Waals surface area contributed by atoms with Crippen LogP contribution in [0.25, 0.3) is 0 Å². The molecule has 168 valence electrons. The molecule has 1 heterocycles. The second-order valence-corrected chi connectivity index (χ2v) is 9.19. The first kappa shape index (κ1) is 23.4. The molecule has 1 amide bonds. The van der Waals surface area contributed by atoms with Gasteiger partial charge in [-0.3, -0.25) is 19.6 Å². The smallest absolute Gasteiger partial charge is 0.338 e. The summed E-state index contributed by atoms with van der Waals surface area (Å²) in [5.41, 5.74) is -0.0806. The highest BCUT2D eigenvalue weighted by Gasteiger charge is 2.17. The van der Waals surface area contributed by atoms with Crippen molar-refractivity contribution in [2.75, 3.05) is 16.6 Å². The van der Waals surface area contributed by atoms with Crippen LogP contribution in [0.15, 0.2) is 64.2 Å². The number of nitro groups is 1. The number of non-ortho nitro benzene ring substituents is 1. The van der Waals surface area contributed by atoms with E-state index in [2.05, 4.69) is 10.0 Å². The molecule has 0 aliphatic heterocycles. The average molecular weight is 486 g/mol. The van der Waals surface area contributed by atoms with E-state index >= 15 is 0 Å². The van der Waals surface area contributed by atoms with Crippen LogP contribution in [0.3, 0.4) is 0 Å². The van der Waals surface area contributed by atoms with Gasteiger partial charge in [-0.25, -0.2) is 13.2 Å². The Hall–Kier alpha value is -4.28. The number of benzene rings is 2. The van der Waals surface area contributed by atoms with E-state index in [1.54, 1.807) is 17.5 Å². The zero-order valence-electron chi connectivity index (χ0n) is 16.5. The second-order valence-electron chi connectivity index (χ2n) is 6.34. The van der Waals surface area contributed by atoms with Crippen molar-refractivity contribution in [1.29, 1.82) is 5.26 Å². The minimum absolute atomic E-state index is 0.0338. The summed E-state index contributed by atoms with van der Waals surface area (Å²) >= 11 is 1.06. The van der Waals surface area contributed by atoms with Crippen molar-refractivity contribution in [2.45, 2.75) is 4.21 Å². The molecule has 0 spiro atoms. The van der Waals surface area contributed by atoms with Crippen LogP contribution in [0, 0.1) is 21.4 Å². The topological polar surface area (TPSA) is 168 Å². The summed E-state index contributed by atoms with van der Waals surface area (Å²) in [4.78, 5) is 34.3. The monoisotopic (exact) mass is 486 g/mol. The molecule has 0 aliphatic carbocycles. The van der Waals surface area contributed by atoms with Gasteiger partial charge in [-0.1, -0.05) is 6.07 Å². The van der Waals surface area contributed by atoms with Crippen molar-refractivity contribution in [2.24, 2.45) is 0 Å². The molecular weight excluding hydrogens is 472 g/mol. The number of nitriles is 1. The predicted octanol–water partition coefficient (Wildman–Crippen LogP) is 3.12. The van der Waals surface area contributed by atoms with Gasteiger partial charge >= 0.3 is 5.97 Å². The number of nitro benzene ring substituents is 1. The maximum absolute atomic E-state index is 12.2. The fourth-order valence-corrected chi connectivity index (χ4v) is 4.60. The molecule has 3 rings (SSSR count).